The Hall–Kier alpha value is -1.46. The second-order valence-corrected chi connectivity index (χ2v) is 4.28. The first kappa shape index (κ1) is 17.5. The number of esters is 1. The maximum Gasteiger partial charge on any atom is 0.534 e. The van der Waals surface area contributed by atoms with Gasteiger partial charge in [-0.1, -0.05) is 0 Å². The van der Waals surface area contributed by atoms with Crippen LogP contribution in [0.1, 0.15) is 6.92 Å². The van der Waals surface area contributed by atoms with E-state index < -0.39 is 39.6 Å². The molecule has 0 aromatic rings. The summed E-state index contributed by atoms with van der Waals surface area (Å²) >= 11 is 0. The lowest BCUT2D eigenvalue weighted by molar-refractivity contribution is -0.140. The van der Waals surface area contributed by atoms with Crippen molar-refractivity contribution in [3.63, 3.8) is 0 Å². The molecule has 0 fully saturated rings. The molecule has 0 rings (SSSR count). The van der Waals surface area contributed by atoms with Crippen LogP contribution >= 0.6 is 0 Å². The van der Waals surface area contributed by atoms with Gasteiger partial charge < -0.3 is 8.92 Å². The first-order chi connectivity index (χ1) is 8.31. The molecule has 5 nitrogen and oxygen atoms in total. The Labute approximate surface area is 102 Å². The summed E-state index contributed by atoms with van der Waals surface area (Å²) in [5.74, 6) is -4.35. The Balaban J connectivity index is 5.41. The Morgan fingerprint density at radius 1 is 1.16 bits per heavy atom. The summed E-state index contributed by atoms with van der Waals surface area (Å²) in [6, 6.07) is 0. The number of rotatable bonds is 4. The molecule has 0 heterocycles. The quantitative estimate of drug-likeness (QED) is 0.198. The smallest absolute Gasteiger partial charge is 0.463 e. The molecule has 0 aliphatic rings. The van der Waals surface area contributed by atoms with E-state index in [-0.39, 0.29) is 6.61 Å². The van der Waals surface area contributed by atoms with Crippen molar-refractivity contribution in [2.45, 2.75) is 18.6 Å². The molecule has 0 saturated heterocycles. The summed E-state index contributed by atoms with van der Waals surface area (Å²) in [7, 11) is -6.54. The first-order valence-corrected chi connectivity index (χ1v) is 5.68. The van der Waals surface area contributed by atoms with Crippen molar-refractivity contribution in [1.29, 1.82) is 0 Å². The summed E-state index contributed by atoms with van der Waals surface area (Å²) < 4.78 is 99.8. The zero-order valence-corrected chi connectivity index (χ0v) is 9.82. The van der Waals surface area contributed by atoms with Gasteiger partial charge in [0.05, 0.1) is 12.7 Å². The van der Waals surface area contributed by atoms with E-state index in [0.717, 1.165) is 0 Å². The van der Waals surface area contributed by atoms with Crippen molar-refractivity contribution in [3.05, 3.63) is 11.8 Å². The number of ether oxygens (including phenoxy) is 1. The number of allylic oxidation sites excluding steroid dienone is 1. The van der Waals surface area contributed by atoms with Crippen LogP contribution in [0, 0.1) is 0 Å². The third kappa shape index (κ3) is 5.36. The lowest BCUT2D eigenvalue weighted by Crippen LogP contribution is -2.29. The SMILES string of the molecule is CCOC(=O)C=C(OS(=O)(=O)C(F)(F)F)C(F)(F)F. The summed E-state index contributed by atoms with van der Waals surface area (Å²) in [5, 5.41) is 0. The topological polar surface area (TPSA) is 69.7 Å². The zero-order valence-electron chi connectivity index (χ0n) is 9.00. The molecule has 0 bridgehead atoms. The molecule has 12 heteroatoms. The van der Waals surface area contributed by atoms with Gasteiger partial charge in [-0.3, -0.25) is 0 Å². The molecule has 0 saturated carbocycles. The van der Waals surface area contributed by atoms with E-state index >= 15 is 0 Å². The van der Waals surface area contributed by atoms with Crippen LogP contribution in [0.2, 0.25) is 0 Å². The van der Waals surface area contributed by atoms with E-state index in [1.165, 1.54) is 6.92 Å². The number of carbonyl (C=O) groups is 1. The summed E-state index contributed by atoms with van der Waals surface area (Å²) in [4.78, 5) is 10.7. The third-order valence-electron chi connectivity index (χ3n) is 1.30. The fourth-order valence-electron chi connectivity index (χ4n) is 0.610. The molecule has 19 heavy (non-hydrogen) atoms. The molecule has 0 spiro atoms. The fraction of sp³-hybridized carbons (Fsp3) is 0.571. The number of hydrogen-bond acceptors (Lipinski definition) is 5. The largest absolute Gasteiger partial charge is 0.534 e. The lowest BCUT2D eigenvalue weighted by Gasteiger charge is -2.14. The van der Waals surface area contributed by atoms with Crippen LogP contribution in [-0.2, 0) is 23.8 Å². The van der Waals surface area contributed by atoms with E-state index in [1.54, 1.807) is 0 Å². The number of hydrogen-bond donors (Lipinski definition) is 0. The molecule has 0 N–H and O–H groups in total. The molecular weight excluding hydrogens is 310 g/mol. The van der Waals surface area contributed by atoms with Gasteiger partial charge in [0.1, 0.15) is 0 Å². The second-order valence-electron chi connectivity index (χ2n) is 2.74. The highest BCUT2D eigenvalue weighted by molar-refractivity contribution is 7.87. The molecule has 0 aliphatic carbocycles. The summed E-state index contributed by atoms with van der Waals surface area (Å²) in [6.07, 6.45) is -6.15. The molecule has 0 radical (unpaired) electrons. The zero-order chi connectivity index (χ0) is 15.5. The number of halogens is 6. The standard InChI is InChI=1S/C7H6F6O5S/c1-2-17-5(14)3-4(6(8,9)10)18-19(15,16)7(11,12)13/h3H,2H2,1H3. The number of carbonyl (C=O) groups excluding carboxylic acids is 1. The van der Waals surface area contributed by atoms with Crippen LogP contribution in [0.25, 0.3) is 0 Å². The van der Waals surface area contributed by atoms with Gasteiger partial charge in [0.2, 0.25) is 5.76 Å². The minimum absolute atomic E-state index is 0.369. The Kier molecular flexibility index (Phi) is 5.23. The van der Waals surface area contributed by atoms with Gasteiger partial charge in [-0.2, -0.15) is 34.8 Å². The van der Waals surface area contributed by atoms with Crippen molar-refractivity contribution < 1.29 is 48.5 Å². The molecule has 0 aliphatic heterocycles. The molecule has 112 valence electrons. The van der Waals surface area contributed by atoms with Crippen molar-refractivity contribution in [1.82, 2.24) is 0 Å². The van der Waals surface area contributed by atoms with Crippen molar-refractivity contribution in [2.75, 3.05) is 6.61 Å². The summed E-state index contributed by atoms with van der Waals surface area (Å²) in [5.41, 5.74) is -6.06. The average molecular weight is 316 g/mol. The van der Waals surface area contributed by atoms with Gasteiger partial charge in [-0.25, -0.2) is 4.79 Å². The second kappa shape index (κ2) is 5.67. The molecule has 0 aromatic heterocycles. The average Bonchev–Trinajstić information content (AvgIpc) is 2.13. The normalized spacial score (nSPS) is 14.2. The van der Waals surface area contributed by atoms with E-state index in [2.05, 4.69) is 8.92 Å². The molecule has 0 unspecified atom stereocenters. The van der Waals surface area contributed by atoms with E-state index in [9.17, 15) is 39.6 Å². The van der Waals surface area contributed by atoms with E-state index in [1.807, 2.05) is 0 Å². The van der Waals surface area contributed by atoms with E-state index in [0.29, 0.717) is 0 Å². The minimum Gasteiger partial charge on any atom is -0.463 e. The third-order valence-corrected chi connectivity index (χ3v) is 2.26. The maximum absolute atomic E-state index is 12.2. The maximum atomic E-state index is 12.2. The van der Waals surface area contributed by atoms with Crippen LogP contribution in [0.15, 0.2) is 11.8 Å². The highest BCUT2D eigenvalue weighted by Crippen LogP contribution is 2.33. The predicted molar refractivity (Wildman–Crippen MR) is 46.8 cm³/mol. The summed E-state index contributed by atoms with van der Waals surface area (Å²) in [6.45, 7) is 0.846. The molecule has 0 amide bonds. The Bertz CT molecular complexity index is 459. The van der Waals surface area contributed by atoms with Crippen LogP contribution in [0.3, 0.4) is 0 Å². The molecule has 0 atom stereocenters. The predicted octanol–water partition coefficient (Wildman–Crippen LogP) is 1.86. The number of alkyl halides is 6. The van der Waals surface area contributed by atoms with Crippen molar-refractivity contribution >= 4 is 16.1 Å². The van der Waals surface area contributed by atoms with Crippen molar-refractivity contribution in [3.8, 4) is 0 Å². The van der Waals surface area contributed by atoms with Gasteiger partial charge in [0.15, 0.2) is 0 Å². The van der Waals surface area contributed by atoms with Gasteiger partial charge in [0, 0.05) is 0 Å². The van der Waals surface area contributed by atoms with Gasteiger partial charge in [0.25, 0.3) is 0 Å². The molecule has 0 aromatic carbocycles. The molecular formula is C7H6F6O5S. The first-order valence-electron chi connectivity index (χ1n) is 4.27. The van der Waals surface area contributed by atoms with Gasteiger partial charge in [-0.15, -0.1) is 0 Å². The van der Waals surface area contributed by atoms with Crippen LogP contribution < -0.4 is 0 Å². The Morgan fingerprint density at radius 2 is 1.63 bits per heavy atom. The van der Waals surface area contributed by atoms with Gasteiger partial charge >= 0.3 is 27.8 Å². The Morgan fingerprint density at radius 3 is 1.95 bits per heavy atom. The van der Waals surface area contributed by atoms with Gasteiger partial charge in [-0.05, 0) is 6.92 Å². The monoisotopic (exact) mass is 316 g/mol. The van der Waals surface area contributed by atoms with Crippen molar-refractivity contribution in [2.24, 2.45) is 0 Å². The highest BCUT2D eigenvalue weighted by atomic mass is 32.2. The van der Waals surface area contributed by atoms with Crippen LogP contribution in [0.5, 0.6) is 0 Å². The fourth-order valence-corrected chi connectivity index (χ4v) is 1.08. The lowest BCUT2D eigenvalue weighted by atomic mass is 10.4. The van der Waals surface area contributed by atoms with Crippen LogP contribution in [0.4, 0.5) is 26.3 Å². The highest BCUT2D eigenvalue weighted by Gasteiger charge is 2.52. The van der Waals surface area contributed by atoms with Crippen LogP contribution in [-0.4, -0.2) is 32.7 Å². The minimum atomic E-state index is -6.54. The van der Waals surface area contributed by atoms with E-state index in [4.69, 9.17) is 0 Å².